The lowest BCUT2D eigenvalue weighted by atomic mass is 9.96. The average molecular weight is 517 g/mol. The molecule has 0 radical (unpaired) electrons. The minimum absolute atomic E-state index is 0.0134. The van der Waals surface area contributed by atoms with Crippen molar-refractivity contribution in [3.63, 3.8) is 0 Å². The predicted octanol–water partition coefficient (Wildman–Crippen LogP) is 4.87. The van der Waals surface area contributed by atoms with E-state index in [-0.39, 0.29) is 12.1 Å². The average Bonchev–Trinajstić information content (AvgIpc) is 3.17. The molecule has 150 valence electrons. The van der Waals surface area contributed by atoms with Crippen LogP contribution in [0.5, 0.6) is 0 Å². The van der Waals surface area contributed by atoms with Gasteiger partial charge in [0.2, 0.25) is 0 Å². The molecule has 3 aromatic rings. The Morgan fingerprint density at radius 3 is 2.34 bits per heavy atom. The van der Waals surface area contributed by atoms with Crippen molar-refractivity contribution in [3.8, 4) is 0 Å². The van der Waals surface area contributed by atoms with E-state index in [2.05, 4.69) is 91.9 Å². The second kappa shape index (κ2) is 7.95. The molecule has 0 saturated carbocycles. The van der Waals surface area contributed by atoms with Gasteiger partial charge in [0.15, 0.2) is 5.11 Å². The summed E-state index contributed by atoms with van der Waals surface area (Å²) in [6.45, 7) is 4.25. The number of aromatic amines is 1. The third-order valence-electron chi connectivity index (χ3n) is 5.38. The number of nitrogens with one attached hydrogen (secondary N) is 2. The molecule has 3 heterocycles. The number of aromatic nitrogens is 2. The molecule has 2 unspecified atom stereocenters. The molecular weight excluding hydrogens is 493 g/mol. The van der Waals surface area contributed by atoms with Gasteiger partial charge in [-0.05, 0) is 85.1 Å². The van der Waals surface area contributed by atoms with Gasteiger partial charge in [0.25, 0.3) is 0 Å². The van der Waals surface area contributed by atoms with Gasteiger partial charge in [0.1, 0.15) is 0 Å². The van der Waals surface area contributed by atoms with Crippen molar-refractivity contribution < 1.29 is 0 Å². The summed E-state index contributed by atoms with van der Waals surface area (Å²) >= 11 is 8.26. The zero-order chi connectivity index (χ0) is 20.7. The summed E-state index contributed by atoms with van der Waals surface area (Å²) in [7, 11) is 4.09. The van der Waals surface area contributed by atoms with Crippen LogP contribution >= 0.6 is 34.8 Å². The molecule has 0 amide bonds. The number of pyridine rings is 1. The van der Waals surface area contributed by atoms with Crippen molar-refractivity contribution in [1.82, 2.24) is 15.3 Å². The monoisotopic (exact) mass is 517 g/mol. The van der Waals surface area contributed by atoms with Crippen molar-refractivity contribution in [2.75, 3.05) is 23.9 Å². The molecule has 7 heteroatoms. The number of rotatable bonds is 4. The first kappa shape index (κ1) is 20.2. The summed E-state index contributed by atoms with van der Waals surface area (Å²) in [5.74, 6) is 0. The third-order valence-corrected chi connectivity index (χ3v) is 7.09. The summed E-state index contributed by atoms with van der Waals surface area (Å²) in [5.41, 5.74) is 6.83. The Labute approximate surface area is 190 Å². The molecule has 4 rings (SSSR count). The first-order valence-electron chi connectivity index (χ1n) is 9.51. The van der Waals surface area contributed by atoms with Crippen LogP contribution in [0.4, 0.5) is 11.4 Å². The molecule has 2 atom stereocenters. The predicted molar refractivity (Wildman–Crippen MR) is 132 cm³/mol. The van der Waals surface area contributed by atoms with E-state index >= 15 is 0 Å². The van der Waals surface area contributed by atoms with Gasteiger partial charge in [-0.2, -0.15) is 0 Å². The smallest absolute Gasteiger partial charge is 0.174 e. The Balaban J connectivity index is 1.85. The minimum Gasteiger partial charge on any atom is -0.378 e. The second-order valence-electron chi connectivity index (χ2n) is 7.51. The largest absolute Gasteiger partial charge is 0.378 e. The second-order valence-corrected chi connectivity index (χ2v) is 8.98. The van der Waals surface area contributed by atoms with Gasteiger partial charge in [-0.25, -0.2) is 0 Å². The summed E-state index contributed by atoms with van der Waals surface area (Å²) in [6, 6.07) is 14.6. The van der Waals surface area contributed by atoms with Crippen molar-refractivity contribution in [3.05, 3.63) is 74.9 Å². The summed E-state index contributed by atoms with van der Waals surface area (Å²) < 4.78 is 1.24. The van der Waals surface area contributed by atoms with E-state index in [0.717, 1.165) is 22.2 Å². The SMILES string of the molecule is Cc1[nH]c(C)c(C2C(c3ccccn3)NC(=S)N2c2ccc(N(C)C)cc2)c1I. The van der Waals surface area contributed by atoms with Crippen LogP contribution in [0, 0.1) is 17.4 Å². The van der Waals surface area contributed by atoms with E-state index in [1.165, 1.54) is 20.5 Å². The zero-order valence-corrected chi connectivity index (χ0v) is 19.9. The molecule has 2 N–H and O–H groups in total. The van der Waals surface area contributed by atoms with Crippen LogP contribution in [0.2, 0.25) is 0 Å². The van der Waals surface area contributed by atoms with E-state index < -0.39 is 0 Å². The Morgan fingerprint density at radius 2 is 1.79 bits per heavy atom. The van der Waals surface area contributed by atoms with E-state index in [9.17, 15) is 0 Å². The highest BCUT2D eigenvalue weighted by Gasteiger charge is 2.42. The maximum atomic E-state index is 5.82. The number of hydrogen-bond acceptors (Lipinski definition) is 3. The number of benzene rings is 1. The molecule has 1 aliphatic heterocycles. The van der Waals surface area contributed by atoms with Crippen LogP contribution in [-0.2, 0) is 0 Å². The lowest BCUT2D eigenvalue weighted by molar-refractivity contribution is 0.564. The van der Waals surface area contributed by atoms with Gasteiger partial charge in [-0.3, -0.25) is 4.98 Å². The molecule has 0 aliphatic carbocycles. The van der Waals surface area contributed by atoms with Crippen LogP contribution < -0.4 is 15.1 Å². The van der Waals surface area contributed by atoms with Crippen molar-refractivity contribution in [1.29, 1.82) is 0 Å². The fourth-order valence-corrected chi connectivity index (χ4v) is 5.16. The van der Waals surface area contributed by atoms with Gasteiger partial charge < -0.3 is 20.1 Å². The van der Waals surface area contributed by atoms with Crippen LogP contribution in [0.25, 0.3) is 0 Å². The number of H-pyrrole nitrogens is 1. The summed E-state index contributed by atoms with van der Waals surface area (Å²) in [5, 5.41) is 4.26. The quantitative estimate of drug-likeness (QED) is 0.382. The van der Waals surface area contributed by atoms with Crippen molar-refractivity contribution >= 4 is 51.3 Å². The van der Waals surface area contributed by atoms with Crippen LogP contribution in [0.1, 0.15) is 34.7 Å². The molecule has 29 heavy (non-hydrogen) atoms. The van der Waals surface area contributed by atoms with Crippen LogP contribution in [0.3, 0.4) is 0 Å². The number of halogens is 1. The zero-order valence-electron chi connectivity index (χ0n) is 16.9. The van der Waals surface area contributed by atoms with Gasteiger partial charge in [-0.1, -0.05) is 6.07 Å². The number of aryl methyl sites for hydroxylation is 2. The van der Waals surface area contributed by atoms with Gasteiger partial charge in [0, 0.05) is 52.2 Å². The van der Waals surface area contributed by atoms with E-state index in [0.29, 0.717) is 0 Å². The van der Waals surface area contributed by atoms with Gasteiger partial charge >= 0.3 is 0 Å². The first-order valence-corrected chi connectivity index (χ1v) is 11.0. The maximum absolute atomic E-state index is 5.82. The van der Waals surface area contributed by atoms with Crippen molar-refractivity contribution in [2.45, 2.75) is 25.9 Å². The molecule has 1 saturated heterocycles. The Kier molecular flexibility index (Phi) is 5.52. The van der Waals surface area contributed by atoms with Gasteiger partial charge in [-0.15, -0.1) is 0 Å². The van der Waals surface area contributed by atoms with E-state index in [4.69, 9.17) is 12.2 Å². The third kappa shape index (κ3) is 3.61. The Morgan fingerprint density at radius 1 is 1.07 bits per heavy atom. The number of hydrogen-bond donors (Lipinski definition) is 2. The lowest BCUT2D eigenvalue weighted by Crippen LogP contribution is -2.29. The first-order chi connectivity index (χ1) is 13.9. The van der Waals surface area contributed by atoms with Crippen LogP contribution in [0.15, 0.2) is 48.7 Å². The fraction of sp³-hybridized carbons (Fsp3) is 0.273. The molecule has 0 bridgehead atoms. The fourth-order valence-electron chi connectivity index (χ4n) is 3.96. The van der Waals surface area contributed by atoms with E-state index in [1.54, 1.807) is 0 Å². The molecule has 1 aromatic carbocycles. The normalized spacial score (nSPS) is 18.8. The lowest BCUT2D eigenvalue weighted by Gasteiger charge is -2.29. The maximum Gasteiger partial charge on any atom is 0.174 e. The summed E-state index contributed by atoms with van der Waals surface area (Å²) in [4.78, 5) is 12.5. The molecule has 0 spiro atoms. The number of nitrogens with zero attached hydrogens (tertiary/aromatic N) is 3. The molecular formula is C22H24IN5S. The molecule has 5 nitrogen and oxygen atoms in total. The van der Waals surface area contributed by atoms with Gasteiger partial charge in [0.05, 0.1) is 17.8 Å². The molecule has 1 fully saturated rings. The molecule has 1 aliphatic rings. The van der Waals surface area contributed by atoms with Crippen LogP contribution in [-0.4, -0.2) is 29.2 Å². The highest BCUT2D eigenvalue weighted by Crippen LogP contribution is 2.44. The van der Waals surface area contributed by atoms with E-state index in [1.807, 2.05) is 32.4 Å². The summed E-state index contributed by atoms with van der Waals surface area (Å²) in [6.07, 6.45) is 1.84. The van der Waals surface area contributed by atoms with Crippen molar-refractivity contribution in [2.24, 2.45) is 0 Å². The highest BCUT2D eigenvalue weighted by atomic mass is 127. The Bertz CT molecular complexity index is 1030. The molecule has 2 aromatic heterocycles. The Hall–Kier alpha value is -2.13. The number of anilines is 2. The topological polar surface area (TPSA) is 47.2 Å². The highest BCUT2D eigenvalue weighted by molar-refractivity contribution is 14.1. The standard InChI is InChI=1S/C22H24IN5S/c1-13-18(19(23)14(2)25-13)21-20(17-7-5-6-12-24-17)26-22(29)28(21)16-10-8-15(9-11-16)27(3)4/h5-12,20-21,25H,1-4H3,(H,26,29). The number of thiocarbonyl (C=S) groups is 1. The minimum atomic E-state index is -0.0281.